The Labute approximate surface area is 121 Å². The number of benzene rings is 2. The van der Waals surface area contributed by atoms with Crippen molar-refractivity contribution in [2.45, 2.75) is 6.54 Å². The predicted octanol–water partition coefficient (Wildman–Crippen LogP) is 3.10. The number of carbonyl (C=O) groups is 1. The van der Waals surface area contributed by atoms with Gasteiger partial charge in [-0.1, -0.05) is 12.1 Å². The van der Waals surface area contributed by atoms with Gasteiger partial charge >= 0.3 is 5.97 Å². The first-order valence-electron chi connectivity index (χ1n) is 6.25. The quantitative estimate of drug-likeness (QED) is 0.876. The highest BCUT2D eigenvalue weighted by Crippen LogP contribution is 2.17. The average Bonchev–Trinajstić information content (AvgIpc) is 2.53. The highest BCUT2D eigenvalue weighted by molar-refractivity contribution is 5.89. The van der Waals surface area contributed by atoms with E-state index in [1.807, 2.05) is 6.07 Å². The number of anilines is 1. The number of ether oxygens (including phenoxy) is 1. The van der Waals surface area contributed by atoms with Crippen LogP contribution in [0.1, 0.15) is 21.5 Å². The van der Waals surface area contributed by atoms with Crippen LogP contribution in [0.2, 0.25) is 0 Å². The van der Waals surface area contributed by atoms with Crippen LogP contribution in [0.4, 0.5) is 10.1 Å². The summed E-state index contributed by atoms with van der Waals surface area (Å²) in [6.07, 6.45) is 0. The minimum absolute atomic E-state index is 0.251. The first-order valence-corrected chi connectivity index (χ1v) is 6.25. The molecule has 0 bridgehead atoms. The Bertz CT molecular complexity index is 690. The topological polar surface area (TPSA) is 62.1 Å². The van der Waals surface area contributed by atoms with Crippen molar-refractivity contribution in [2.75, 3.05) is 12.4 Å². The minimum atomic E-state index is -0.445. The normalized spacial score (nSPS) is 9.76. The van der Waals surface area contributed by atoms with Crippen molar-refractivity contribution < 1.29 is 13.9 Å². The molecule has 0 aliphatic carbocycles. The standard InChI is InChI=1S/C16H13FN2O2/c1-21-16(20)12-4-2-11(3-5-12)10-19-15-7-6-14(17)8-13(15)9-18/h2-8,19H,10H2,1H3. The van der Waals surface area contributed by atoms with Crippen molar-refractivity contribution in [2.24, 2.45) is 0 Å². The predicted molar refractivity (Wildman–Crippen MR) is 76.2 cm³/mol. The second kappa shape index (κ2) is 6.53. The molecular formula is C16H13FN2O2. The van der Waals surface area contributed by atoms with Crippen molar-refractivity contribution in [1.82, 2.24) is 0 Å². The number of esters is 1. The zero-order chi connectivity index (χ0) is 15.2. The molecule has 0 aliphatic rings. The molecule has 0 saturated carbocycles. The molecule has 0 radical (unpaired) electrons. The molecule has 1 N–H and O–H groups in total. The van der Waals surface area contributed by atoms with E-state index in [1.54, 1.807) is 24.3 Å². The van der Waals surface area contributed by atoms with Gasteiger partial charge in [-0.2, -0.15) is 5.26 Å². The molecule has 5 heteroatoms. The number of methoxy groups -OCH3 is 1. The third kappa shape index (κ3) is 3.57. The number of nitrogens with zero attached hydrogens (tertiary/aromatic N) is 1. The average molecular weight is 284 g/mol. The summed E-state index contributed by atoms with van der Waals surface area (Å²) in [7, 11) is 1.33. The summed E-state index contributed by atoms with van der Waals surface area (Å²) in [6.45, 7) is 0.460. The highest BCUT2D eigenvalue weighted by atomic mass is 19.1. The van der Waals surface area contributed by atoms with E-state index in [0.29, 0.717) is 17.8 Å². The molecule has 21 heavy (non-hydrogen) atoms. The Morgan fingerprint density at radius 2 is 2.00 bits per heavy atom. The fraction of sp³-hybridized carbons (Fsp3) is 0.125. The van der Waals surface area contributed by atoms with E-state index in [2.05, 4.69) is 10.1 Å². The number of hydrogen-bond donors (Lipinski definition) is 1. The van der Waals surface area contributed by atoms with Crippen LogP contribution in [0.25, 0.3) is 0 Å². The van der Waals surface area contributed by atoms with E-state index in [4.69, 9.17) is 5.26 Å². The minimum Gasteiger partial charge on any atom is -0.465 e. The fourth-order valence-electron chi connectivity index (χ4n) is 1.84. The van der Waals surface area contributed by atoms with Crippen molar-refractivity contribution in [3.8, 4) is 6.07 Å². The second-order valence-corrected chi connectivity index (χ2v) is 4.34. The Hall–Kier alpha value is -2.87. The molecule has 0 fully saturated rings. The molecule has 0 aromatic heterocycles. The number of halogens is 1. The first kappa shape index (κ1) is 14.5. The van der Waals surface area contributed by atoms with Crippen molar-refractivity contribution in [1.29, 1.82) is 5.26 Å². The lowest BCUT2D eigenvalue weighted by Crippen LogP contribution is -2.04. The third-order valence-corrected chi connectivity index (χ3v) is 2.96. The Kier molecular flexibility index (Phi) is 4.52. The molecular weight excluding hydrogens is 271 g/mol. The molecule has 0 atom stereocenters. The number of rotatable bonds is 4. The Morgan fingerprint density at radius 1 is 1.29 bits per heavy atom. The molecule has 0 amide bonds. The smallest absolute Gasteiger partial charge is 0.337 e. The van der Waals surface area contributed by atoms with Gasteiger partial charge in [0.15, 0.2) is 0 Å². The van der Waals surface area contributed by atoms with Crippen LogP contribution in [0.3, 0.4) is 0 Å². The number of carbonyl (C=O) groups excluding carboxylic acids is 1. The maximum atomic E-state index is 13.0. The molecule has 4 nitrogen and oxygen atoms in total. The fourth-order valence-corrected chi connectivity index (χ4v) is 1.84. The SMILES string of the molecule is COC(=O)c1ccc(CNc2ccc(F)cc2C#N)cc1. The van der Waals surface area contributed by atoms with E-state index in [0.717, 1.165) is 5.56 Å². The zero-order valence-corrected chi connectivity index (χ0v) is 11.4. The lowest BCUT2D eigenvalue weighted by Gasteiger charge is -2.09. The number of nitriles is 1. The zero-order valence-electron chi connectivity index (χ0n) is 11.4. The number of hydrogen-bond acceptors (Lipinski definition) is 4. The molecule has 0 spiro atoms. The molecule has 2 aromatic carbocycles. The highest BCUT2D eigenvalue weighted by Gasteiger charge is 2.06. The summed E-state index contributed by atoms with van der Waals surface area (Å²) < 4.78 is 17.6. The van der Waals surface area contributed by atoms with E-state index < -0.39 is 5.82 Å². The maximum absolute atomic E-state index is 13.0. The Balaban J connectivity index is 2.07. The maximum Gasteiger partial charge on any atom is 0.337 e. The van der Waals surface area contributed by atoms with Gasteiger partial charge in [-0.05, 0) is 35.9 Å². The summed E-state index contributed by atoms with van der Waals surface area (Å²) in [5.41, 5.74) is 2.22. The van der Waals surface area contributed by atoms with Crippen LogP contribution in [0.15, 0.2) is 42.5 Å². The lowest BCUT2D eigenvalue weighted by molar-refractivity contribution is 0.0600. The summed E-state index contributed by atoms with van der Waals surface area (Å²) in [4.78, 5) is 11.3. The first-order chi connectivity index (χ1) is 10.1. The van der Waals surface area contributed by atoms with Crippen LogP contribution in [-0.4, -0.2) is 13.1 Å². The van der Waals surface area contributed by atoms with Gasteiger partial charge in [-0.3, -0.25) is 0 Å². The largest absolute Gasteiger partial charge is 0.465 e. The van der Waals surface area contributed by atoms with E-state index >= 15 is 0 Å². The van der Waals surface area contributed by atoms with Crippen LogP contribution < -0.4 is 5.32 Å². The van der Waals surface area contributed by atoms with Crippen molar-refractivity contribution >= 4 is 11.7 Å². The van der Waals surface area contributed by atoms with Gasteiger partial charge in [0.1, 0.15) is 11.9 Å². The molecule has 0 heterocycles. The second-order valence-electron chi connectivity index (χ2n) is 4.34. The molecule has 106 valence electrons. The van der Waals surface area contributed by atoms with Crippen LogP contribution in [-0.2, 0) is 11.3 Å². The van der Waals surface area contributed by atoms with Gasteiger partial charge < -0.3 is 10.1 Å². The molecule has 0 aliphatic heterocycles. The lowest BCUT2D eigenvalue weighted by atomic mass is 10.1. The van der Waals surface area contributed by atoms with E-state index in [-0.39, 0.29) is 11.5 Å². The summed E-state index contributed by atoms with van der Waals surface area (Å²) in [5.74, 6) is -0.834. The monoisotopic (exact) mass is 284 g/mol. The van der Waals surface area contributed by atoms with Crippen molar-refractivity contribution in [3.63, 3.8) is 0 Å². The van der Waals surface area contributed by atoms with Crippen molar-refractivity contribution in [3.05, 3.63) is 65.0 Å². The molecule has 2 rings (SSSR count). The molecule has 0 saturated heterocycles. The Morgan fingerprint density at radius 3 is 2.62 bits per heavy atom. The van der Waals surface area contributed by atoms with Gasteiger partial charge in [0.25, 0.3) is 0 Å². The van der Waals surface area contributed by atoms with Crippen LogP contribution >= 0.6 is 0 Å². The third-order valence-electron chi connectivity index (χ3n) is 2.96. The van der Waals surface area contributed by atoms with Gasteiger partial charge in [0.2, 0.25) is 0 Å². The summed E-state index contributed by atoms with van der Waals surface area (Å²) in [6, 6.07) is 12.8. The van der Waals surface area contributed by atoms with Gasteiger partial charge in [0, 0.05) is 6.54 Å². The van der Waals surface area contributed by atoms with Crippen LogP contribution in [0, 0.1) is 17.1 Å². The summed E-state index contributed by atoms with van der Waals surface area (Å²) in [5, 5.41) is 12.0. The van der Waals surface area contributed by atoms with E-state index in [9.17, 15) is 9.18 Å². The molecule has 2 aromatic rings. The molecule has 0 unspecified atom stereocenters. The summed E-state index contributed by atoms with van der Waals surface area (Å²) >= 11 is 0. The van der Waals surface area contributed by atoms with Gasteiger partial charge in [-0.25, -0.2) is 9.18 Å². The van der Waals surface area contributed by atoms with Gasteiger partial charge in [-0.15, -0.1) is 0 Å². The van der Waals surface area contributed by atoms with E-state index in [1.165, 1.54) is 25.3 Å². The van der Waals surface area contributed by atoms with Gasteiger partial charge in [0.05, 0.1) is 23.9 Å². The number of nitrogens with one attached hydrogen (secondary N) is 1. The van der Waals surface area contributed by atoms with Crippen LogP contribution in [0.5, 0.6) is 0 Å².